The van der Waals surface area contributed by atoms with Crippen LogP contribution in [0.1, 0.15) is 67.2 Å². The molecule has 1 aliphatic heterocycles. The summed E-state index contributed by atoms with van der Waals surface area (Å²) in [6.45, 7) is 4.26. The Bertz CT molecular complexity index is 1430. The van der Waals surface area contributed by atoms with Crippen LogP contribution in [0.25, 0.3) is 0 Å². The lowest BCUT2D eigenvalue weighted by molar-refractivity contribution is -0.384. The number of nitrogens with zero attached hydrogens (tertiary/aromatic N) is 2. The summed E-state index contributed by atoms with van der Waals surface area (Å²) in [7, 11) is 0. The van der Waals surface area contributed by atoms with E-state index >= 15 is 0 Å². The predicted molar refractivity (Wildman–Crippen MR) is 139 cm³/mol. The zero-order valence-corrected chi connectivity index (χ0v) is 20.9. The Kier molecular flexibility index (Phi) is 6.49. The van der Waals surface area contributed by atoms with Crippen LogP contribution in [-0.2, 0) is 10.5 Å². The second kappa shape index (κ2) is 9.73. The monoisotopic (exact) mass is 502 g/mol. The van der Waals surface area contributed by atoms with Crippen LogP contribution < -0.4 is 10.9 Å². The van der Waals surface area contributed by atoms with Gasteiger partial charge in [0.1, 0.15) is 5.82 Å². The number of ketones is 1. The van der Waals surface area contributed by atoms with Crippen molar-refractivity contribution in [1.29, 1.82) is 0 Å². The first kappa shape index (κ1) is 24.0. The van der Waals surface area contributed by atoms with Gasteiger partial charge < -0.3 is 10.3 Å². The van der Waals surface area contributed by atoms with Gasteiger partial charge >= 0.3 is 0 Å². The molecule has 2 heterocycles. The number of aromatic nitrogens is 2. The van der Waals surface area contributed by atoms with Gasteiger partial charge in [-0.15, -0.1) is 0 Å². The minimum Gasteiger partial charge on any atom is -0.343 e. The van der Waals surface area contributed by atoms with Gasteiger partial charge in [0.15, 0.2) is 10.9 Å². The molecule has 184 valence electrons. The molecule has 2 N–H and O–H groups in total. The molecule has 5 rings (SSSR count). The summed E-state index contributed by atoms with van der Waals surface area (Å²) in [6, 6.07) is 14.5. The minimum atomic E-state index is -0.463. The molecule has 9 heteroatoms. The molecule has 0 saturated carbocycles. The second-order valence-corrected chi connectivity index (χ2v) is 10.4. The van der Waals surface area contributed by atoms with Gasteiger partial charge in [-0.05, 0) is 35.4 Å². The van der Waals surface area contributed by atoms with Gasteiger partial charge in [-0.2, -0.15) is 0 Å². The molecule has 2 aliphatic rings. The first-order valence-electron chi connectivity index (χ1n) is 11.9. The van der Waals surface area contributed by atoms with E-state index in [4.69, 9.17) is 4.98 Å². The maximum atomic E-state index is 13.4. The van der Waals surface area contributed by atoms with Crippen LogP contribution in [-0.4, -0.2) is 20.7 Å². The Balaban J connectivity index is 1.50. The van der Waals surface area contributed by atoms with Crippen molar-refractivity contribution in [2.24, 2.45) is 0 Å². The number of rotatable bonds is 6. The van der Waals surface area contributed by atoms with E-state index in [0.717, 1.165) is 29.7 Å². The highest BCUT2D eigenvalue weighted by Crippen LogP contribution is 2.43. The minimum absolute atomic E-state index is 0.0341. The number of allylic oxidation sites excluding steroid dienone is 2. The standard InChI is InChI=1S/C27H26N4O4S/c1-15(2)17-8-10-18(11-9-17)22-23-20(4-3-5-21(23)32)28-25-24(22)26(33)30-27(29-25)36-14-16-6-12-19(13-7-16)31(34)35/h6-13,15,22H,3-5,14H2,1-2H3,(H2,28,29,30,33)/t22-/m1/s1. The molecule has 2 aromatic carbocycles. The first-order valence-corrected chi connectivity index (χ1v) is 12.9. The number of nitrogens with one attached hydrogen (secondary N) is 2. The van der Waals surface area contributed by atoms with Crippen LogP contribution in [0.3, 0.4) is 0 Å². The molecule has 0 amide bonds. The first-order chi connectivity index (χ1) is 17.3. The van der Waals surface area contributed by atoms with Gasteiger partial charge in [-0.25, -0.2) is 4.98 Å². The van der Waals surface area contributed by atoms with E-state index in [0.29, 0.717) is 40.2 Å². The molecule has 0 fully saturated rings. The summed E-state index contributed by atoms with van der Waals surface area (Å²) in [5.41, 5.74) is 4.72. The molecule has 0 spiro atoms. The van der Waals surface area contributed by atoms with Crippen LogP contribution in [0.4, 0.5) is 11.5 Å². The van der Waals surface area contributed by atoms with Crippen molar-refractivity contribution >= 4 is 29.1 Å². The number of non-ortho nitro benzene ring substituents is 1. The summed E-state index contributed by atoms with van der Waals surface area (Å²) in [5, 5.41) is 14.6. The number of nitro groups is 1. The van der Waals surface area contributed by atoms with E-state index < -0.39 is 10.8 Å². The van der Waals surface area contributed by atoms with Gasteiger partial charge in [0.25, 0.3) is 11.2 Å². The maximum Gasteiger partial charge on any atom is 0.269 e. The lowest BCUT2D eigenvalue weighted by Gasteiger charge is -2.33. The number of anilines is 1. The van der Waals surface area contributed by atoms with Crippen LogP contribution >= 0.6 is 11.8 Å². The largest absolute Gasteiger partial charge is 0.343 e. The molecule has 0 unspecified atom stereocenters. The number of thioether (sulfide) groups is 1. The quantitative estimate of drug-likeness (QED) is 0.193. The SMILES string of the molecule is CC(C)c1ccc([C@@H]2C3=C(CCCC3=O)Nc3nc(SCc4ccc([N+](=O)[O-])cc4)[nH]c(=O)c32)cc1. The lowest BCUT2D eigenvalue weighted by atomic mass is 9.76. The fraction of sp³-hybridized carbons (Fsp3) is 0.296. The van der Waals surface area contributed by atoms with Crippen molar-refractivity contribution in [3.63, 3.8) is 0 Å². The van der Waals surface area contributed by atoms with Gasteiger partial charge in [0, 0.05) is 41.5 Å². The molecular formula is C27H26N4O4S. The number of carbonyl (C=O) groups excluding carboxylic acids is 1. The third-order valence-corrected chi connectivity index (χ3v) is 7.64. The molecule has 0 saturated heterocycles. The van der Waals surface area contributed by atoms with E-state index in [-0.39, 0.29) is 17.0 Å². The highest BCUT2D eigenvalue weighted by molar-refractivity contribution is 7.98. The highest BCUT2D eigenvalue weighted by Gasteiger charge is 2.37. The fourth-order valence-electron chi connectivity index (χ4n) is 4.78. The van der Waals surface area contributed by atoms with Crippen molar-refractivity contribution < 1.29 is 9.72 Å². The highest BCUT2D eigenvalue weighted by atomic mass is 32.2. The molecule has 1 atom stereocenters. The number of benzene rings is 2. The number of hydrogen-bond donors (Lipinski definition) is 2. The number of carbonyl (C=O) groups is 1. The Labute approximate surface area is 212 Å². The lowest BCUT2D eigenvalue weighted by Crippen LogP contribution is -2.32. The van der Waals surface area contributed by atoms with E-state index in [2.05, 4.69) is 36.3 Å². The summed E-state index contributed by atoms with van der Waals surface area (Å²) >= 11 is 1.35. The predicted octanol–water partition coefficient (Wildman–Crippen LogP) is 5.66. The van der Waals surface area contributed by atoms with Gasteiger partial charge in [-0.3, -0.25) is 19.7 Å². The third-order valence-electron chi connectivity index (χ3n) is 6.70. The Morgan fingerprint density at radius 2 is 1.81 bits per heavy atom. The third kappa shape index (κ3) is 4.58. The normalized spacial score (nSPS) is 17.0. The molecule has 36 heavy (non-hydrogen) atoms. The maximum absolute atomic E-state index is 13.4. The average molecular weight is 503 g/mol. The fourth-order valence-corrected chi connectivity index (χ4v) is 5.60. The van der Waals surface area contributed by atoms with Crippen LogP contribution in [0.5, 0.6) is 0 Å². The molecule has 0 radical (unpaired) electrons. The smallest absolute Gasteiger partial charge is 0.269 e. The van der Waals surface area contributed by atoms with Gasteiger partial charge in [-0.1, -0.05) is 62.0 Å². The Hall–Kier alpha value is -3.72. The van der Waals surface area contributed by atoms with Gasteiger partial charge in [0.2, 0.25) is 0 Å². The van der Waals surface area contributed by atoms with Crippen molar-refractivity contribution in [3.05, 3.63) is 103 Å². The topological polar surface area (TPSA) is 118 Å². The number of H-pyrrole nitrogens is 1. The average Bonchev–Trinajstić information content (AvgIpc) is 2.86. The number of aromatic amines is 1. The number of Topliss-reactive ketones (excluding diaryl/α,β-unsaturated/α-hetero) is 1. The van der Waals surface area contributed by atoms with Crippen molar-refractivity contribution in [1.82, 2.24) is 9.97 Å². The summed E-state index contributed by atoms with van der Waals surface area (Å²) < 4.78 is 0. The number of hydrogen-bond acceptors (Lipinski definition) is 7. The molecule has 1 aliphatic carbocycles. The number of fused-ring (bicyclic) bond motifs is 1. The summed E-state index contributed by atoms with van der Waals surface area (Å²) in [6.07, 6.45) is 1.98. The van der Waals surface area contributed by atoms with Gasteiger partial charge in [0.05, 0.1) is 10.5 Å². The summed E-state index contributed by atoms with van der Waals surface area (Å²) in [4.78, 5) is 44.5. The molecular weight excluding hydrogens is 476 g/mol. The second-order valence-electron chi connectivity index (χ2n) is 9.39. The van der Waals surface area contributed by atoms with E-state index in [9.17, 15) is 19.7 Å². The van der Waals surface area contributed by atoms with Crippen LogP contribution in [0.15, 0.2) is 69.8 Å². The summed E-state index contributed by atoms with van der Waals surface area (Å²) in [5.74, 6) is 0.965. The van der Waals surface area contributed by atoms with E-state index in [1.165, 1.54) is 29.5 Å². The molecule has 3 aromatic rings. The van der Waals surface area contributed by atoms with Crippen LogP contribution in [0.2, 0.25) is 0 Å². The Morgan fingerprint density at radius 1 is 1.08 bits per heavy atom. The van der Waals surface area contributed by atoms with Crippen molar-refractivity contribution in [3.8, 4) is 0 Å². The zero-order chi connectivity index (χ0) is 25.4. The van der Waals surface area contributed by atoms with E-state index in [1.807, 2.05) is 12.1 Å². The van der Waals surface area contributed by atoms with Crippen molar-refractivity contribution in [2.75, 3.05) is 5.32 Å². The zero-order valence-electron chi connectivity index (χ0n) is 20.0. The Morgan fingerprint density at radius 3 is 2.47 bits per heavy atom. The molecule has 0 bridgehead atoms. The number of nitro benzene ring substituents is 1. The van der Waals surface area contributed by atoms with Crippen molar-refractivity contribution in [2.45, 2.75) is 55.9 Å². The molecule has 1 aromatic heterocycles. The van der Waals surface area contributed by atoms with E-state index in [1.54, 1.807) is 12.1 Å². The molecule has 8 nitrogen and oxygen atoms in total. The van der Waals surface area contributed by atoms with Crippen LogP contribution in [0, 0.1) is 10.1 Å².